The fourth-order valence-corrected chi connectivity index (χ4v) is 3.96. The Hall–Kier alpha value is -0.930. The molecule has 110 valence electrons. The van der Waals surface area contributed by atoms with Crippen molar-refractivity contribution in [3.63, 3.8) is 0 Å². The maximum Gasteiger partial charge on any atom is 0.0312 e. The van der Waals surface area contributed by atoms with Gasteiger partial charge in [0.1, 0.15) is 0 Å². The van der Waals surface area contributed by atoms with Crippen LogP contribution in [0, 0.1) is 5.92 Å². The van der Waals surface area contributed by atoms with Crippen LogP contribution in [-0.2, 0) is 6.54 Å². The standard InChI is InChI=1S/C17H27N3/c1-14(2)16-11-19-17(7-3-4-8-17)13-20(16)12-15-6-5-9-18-10-15/h5-6,9-10,14,16,19H,3-4,7-8,11-13H2,1-2H3. The Morgan fingerprint density at radius 3 is 2.85 bits per heavy atom. The zero-order chi connectivity index (χ0) is 14.0. The van der Waals surface area contributed by atoms with Crippen molar-refractivity contribution in [3.05, 3.63) is 30.1 Å². The third-order valence-electron chi connectivity index (χ3n) is 5.10. The minimum atomic E-state index is 0.396. The number of hydrogen-bond donors (Lipinski definition) is 1. The highest BCUT2D eigenvalue weighted by Gasteiger charge is 2.41. The van der Waals surface area contributed by atoms with E-state index in [-0.39, 0.29) is 0 Å². The predicted octanol–water partition coefficient (Wildman–Crippen LogP) is 2.82. The molecule has 0 radical (unpaired) electrons. The van der Waals surface area contributed by atoms with Gasteiger partial charge in [0.2, 0.25) is 0 Å². The van der Waals surface area contributed by atoms with Gasteiger partial charge in [0, 0.05) is 43.6 Å². The molecule has 2 heterocycles. The van der Waals surface area contributed by atoms with Crippen molar-refractivity contribution in [2.24, 2.45) is 5.92 Å². The highest BCUT2D eigenvalue weighted by molar-refractivity contribution is 5.10. The van der Waals surface area contributed by atoms with Crippen molar-refractivity contribution in [3.8, 4) is 0 Å². The molecule has 1 aliphatic heterocycles. The lowest BCUT2D eigenvalue weighted by Gasteiger charge is -2.48. The Morgan fingerprint density at radius 1 is 1.40 bits per heavy atom. The normalized spacial score (nSPS) is 26.4. The summed E-state index contributed by atoms with van der Waals surface area (Å²) in [5.41, 5.74) is 1.74. The van der Waals surface area contributed by atoms with Gasteiger partial charge in [-0.2, -0.15) is 0 Å². The number of nitrogens with zero attached hydrogens (tertiary/aromatic N) is 2. The van der Waals surface area contributed by atoms with E-state index in [0.29, 0.717) is 17.5 Å². The van der Waals surface area contributed by atoms with Crippen molar-refractivity contribution in [1.82, 2.24) is 15.2 Å². The van der Waals surface area contributed by atoms with Gasteiger partial charge in [0.15, 0.2) is 0 Å². The van der Waals surface area contributed by atoms with Crippen LogP contribution in [-0.4, -0.2) is 34.6 Å². The molecule has 0 bridgehead atoms. The van der Waals surface area contributed by atoms with E-state index in [2.05, 4.69) is 35.1 Å². The second-order valence-electron chi connectivity index (χ2n) is 6.95. The second-order valence-corrected chi connectivity index (χ2v) is 6.95. The summed E-state index contributed by atoms with van der Waals surface area (Å²) in [7, 11) is 0. The van der Waals surface area contributed by atoms with Gasteiger partial charge in [0.05, 0.1) is 0 Å². The first-order valence-corrected chi connectivity index (χ1v) is 8.07. The van der Waals surface area contributed by atoms with Crippen LogP contribution in [0.5, 0.6) is 0 Å². The summed E-state index contributed by atoms with van der Waals surface area (Å²) in [5, 5.41) is 3.88. The lowest BCUT2D eigenvalue weighted by atomic mass is 9.89. The number of piperazine rings is 1. The van der Waals surface area contributed by atoms with Gasteiger partial charge < -0.3 is 5.32 Å². The van der Waals surface area contributed by atoms with Gasteiger partial charge in [-0.1, -0.05) is 32.8 Å². The first kappa shape index (κ1) is 14.0. The summed E-state index contributed by atoms with van der Waals surface area (Å²) in [5.74, 6) is 0.693. The molecule has 20 heavy (non-hydrogen) atoms. The van der Waals surface area contributed by atoms with Crippen molar-refractivity contribution in [2.75, 3.05) is 13.1 Å². The van der Waals surface area contributed by atoms with Crippen LogP contribution in [0.25, 0.3) is 0 Å². The molecule has 1 aromatic rings. The Morgan fingerprint density at radius 2 is 2.20 bits per heavy atom. The fraction of sp³-hybridized carbons (Fsp3) is 0.706. The van der Waals surface area contributed by atoms with Gasteiger partial charge >= 0.3 is 0 Å². The smallest absolute Gasteiger partial charge is 0.0312 e. The molecule has 2 fully saturated rings. The summed E-state index contributed by atoms with van der Waals surface area (Å²) in [6, 6.07) is 4.89. The first-order valence-electron chi connectivity index (χ1n) is 8.07. The summed E-state index contributed by atoms with van der Waals surface area (Å²) >= 11 is 0. The number of hydrogen-bond acceptors (Lipinski definition) is 3. The van der Waals surface area contributed by atoms with E-state index >= 15 is 0 Å². The zero-order valence-electron chi connectivity index (χ0n) is 12.8. The topological polar surface area (TPSA) is 28.2 Å². The number of pyridine rings is 1. The molecule has 2 aliphatic rings. The van der Waals surface area contributed by atoms with Crippen LogP contribution in [0.4, 0.5) is 0 Å². The Kier molecular flexibility index (Phi) is 4.08. The molecule has 1 atom stereocenters. The minimum absolute atomic E-state index is 0.396. The van der Waals surface area contributed by atoms with Crippen molar-refractivity contribution < 1.29 is 0 Å². The Balaban J connectivity index is 1.75. The molecule has 0 amide bonds. The second kappa shape index (κ2) is 5.82. The Labute approximate surface area is 122 Å². The number of aromatic nitrogens is 1. The summed E-state index contributed by atoms with van der Waals surface area (Å²) < 4.78 is 0. The molecule has 1 unspecified atom stereocenters. The minimum Gasteiger partial charge on any atom is -0.308 e. The molecular weight excluding hydrogens is 246 g/mol. The van der Waals surface area contributed by atoms with Crippen LogP contribution in [0.1, 0.15) is 45.1 Å². The zero-order valence-corrected chi connectivity index (χ0v) is 12.8. The van der Waals surface area contributed by atoms with E-state index in [1.165, 1.54) is 37.8 Å². The summed E-state index contributed by atoms with van der Waals surface area (Å²) in [6.07, 6.45) is 9.35. The summed E-state index contributed by atoms with van der Waals surface area (Å²) in [4.78, 5) is 6.96. The van der Waals surface area contributed by atoms with Gasteiger partial charge in [-0.05, 0) is 30.4 Å². The highest BCUT2D eigenvalue weighted by atomic mass is 15.3. The van der Waals surface area contributed by atoms with E-state index in [9.17, 15) is 0 Å². The Bertz CT molecular complexity index is 423. The molecule has 1 aliphatic carbocycles. The van der Waals surface area contributed by atoms with E-state index in [1.807, 2.05) is 18.5 Å². The van der Waals surface area contributed by atoms with Crippen molar-refractivity contribution in [1.29, 1.82) is 0 Å². The lowest BCUT2D eigenvalue weighted by Crippen LogP contribution is -2.63. The molecule has 1 spiro atoms. The average molecular weight is 273 g/mol. The van der Waals surface area contributed by atoms with E-state index in [0.717, 1.165) is 13.1 Å². The molecule has 3 nitrogen and oxygen atoms in total. The SMILES string of the molecule is CC(C)C1CNC2(CCCC2)CN1Cc1cccnc1. The number of rotatable bonds is 3. The predicted molar refractivity (Wildman–Crippen MR) is 82.5 cm³/mol. The third kappa shape index (κ3) is 2.89. The first-order chi connectivity index (χ1) is 9.69. The van der Waals surface area contributed by atoms with E-state index < -0.39 is 0 Å². The monoisotopic (exact) mass is 273 g/mol. The van der Waals surface area contributed by atoms with E-state index in [1.54, 1.807) is 0 Å². The third-order valence-corrected chi connectivity index (χ3v) is 5.10. The summed E-state index contributed by atoms with van der Waals surface area (Å²) in [6.45, 7) is 8.06. The van der Waals surface area contributed by atoms with Gasteiger partial charge in [-0.15, -0.1) is 0 Å². The maximum atomic E-state index is 4.27. The van der Waals surface area contributed by atoms with Gasteiger partial charge in [0.25, 0.3) is 0 Å². The van der Waals surface area contributed by atoms with Gasteiger partial charge in [-0.3, -0.25) is 9.88 Å². The molecule has 3 rings (SSSR count). The molecule has 1 N–H and O–H groups in total. The van der Waals surface area contributed by atoms with Crippen molar-refractivity contribution >= 4 is 0 Å². The molecule has 1 saturated heterocycles. The maximum absolute atomic E-state index is 4.27. The molecular formula is C17H27N3. The molecule has 1 aromatic heterocycles. The van der Waals surface area contributed by atoms with Crippen LogP contribution >= 0.6 is 0 Å². The quantitative estimate of drug-likeness (QED) is 0.918. The van der Waals surface area contributed by atoms with Crippen LogP contribution in [0.15, 0.2) is 24.5 Å². The number of nitrogens with one attached hydrogen (secondary N) is 1. The highest BCUT2D eigenvalue weighted by Crippen LogP contribution is 2.34. The largest absolute Gasteiger partial charge is 0.308 e. The molecule has 0 aromatic carbocycles. The molecule has 3 heteroatoms. The van der Waals surface area contributed by atoms with Crippen LogP contribution in [0.3, 0.4) is 0 Å². The van der Waals surface area contributed by atoms with Crippen molar-refractivity contribution in [2.45, 2.75) is 57.7 Å². The van der Waals surface area contributed by atoms with Crippen LogP contribution < -0.4 is 5.32 Å². The fourth-order valence-electron chi connectivity index (χ4n) is 3.96. The van der Waals surface area contributed by atoms with Gasteiger partial charge in [-0.25, -0.2) is 0 Å². The van der Waals surface area contributed by atoms with E-state index in [4.69, 9.17) is 0 Å². The van der Waals surface area contributed by atoms with Crippen LogP contribution in [0.2, 0.25) is 0 Å². The lowest BCUT2D eigenvalue weighted by molar-refractivity contribution is 0.0506. The average Bonchev–Trinajstić information content (AvgIpc) is 2.88. The molecule has 1 saturated carbocycles.